The summed E-state index contributed by atoms with van der Waals surface area (Å²) in [6, 6.07) is 0. The summed E-state index contributed by atoms with van der Waals surface area (Å²) >= 11 is 0. The van der Waals surface area contributed by atoms with Gasteiger partial charge in [-0.15, -0.1) is 0 Å². The predicted octanol–water partition coefficient (Wildman–Crippen LogP) is 3.03. The first-order valence-electron chi connectivity index (χ1n) is 6.65. The Morgan fingerprint density at radius 1 is 1.06 bits per heavy atom. The molecule has 2 aliphatic rings. The van der Waals surface area contributed by atoms with Crippen LogP contribution in [0.15, 0.2) is 12.2 Å². The molecule has 0 aromatic carbocycles. The van der Waals surface area contributed by atoms with Crippen molar-refractivity contribution in [1.82, 2.24) is 0 Å². The van der Waals surface area contributed by atoms with E-state index >= 15 is 0 Å². The third-order valence-electron chi connectivity index (χ3n) is 3.89. The first-order chi connectivity index (χ1) is 7.90. The average molecular weight is 224 g/mol. The number of methoxy groups -OCH3 is 1. The van der Waals surface area contributed by atoms with Crippen LogP contribution in [-0.4, -0.2) is 26.9 Å². The Morgan fingerprint density at radius 3 is 2.62 bits per heavy atom. The zero-order valence-corrected chi connectivity index (χ0v) is 10.4. The van der Waals surface area contributed by atoms with Gasteiger partial charge < -0.3 is 9.47 Å². The predicted molar refractivity (Wildman–Crippen MR) is 65.4 cm³/mol. The van der Waals surface area contributed by atoms with Crippen LogP contribution in [0.4, 0.5) is 0 Å². The molecule has 0 spiro atoms. The minimum absolute atomic E-state index is 0.814. The zero-order valence-electron chi connectivity index (χ0n) is 10.4. The first-order valence-corrected chi connectivity index (χ1v) is 6.65. The molecule has 0 radical (unpaired) electrons. The smallest absolute Gasteiger partial charge is 0.0500 e. The Hall–Kier alpha value is -0.340. The van der Waals surface area contributed by atoms with Crippen LogP contribution in [0.25, 0.3) is 0 Å². The van der Waals surface area contributed by atoms with Crippen molar-refractivity contribution in [3.8, 4) is 0 Å². The molecule has 0 aromatic heterocycles. The van der Waals surface area contributed by atoms with E-state index < -0.39 is 0 Å². The molecule has 0 aliphatic heterocycles. The van der Waals surface area contributed by atoms with E-state index in [0.717, 1.165) is 44.0 Å². The molecule has 2 heteroatoms. The first kappa shape index (κ1) is 12.1. The highest BCUT2D eigenvalue weighted by Crippen LogP contribution is 2.43. The van der Waals surface area contributed by atoms with E-state index in [9.17, 15) is 0 Å². The molecule has 1 fully saturated rings. The Labute approximate surface area is 99.0 Å². The van der Waals surface area contributed by atoms with Gasteiger partial charge in [-0.25, -0.2) is 0 Å². The van der Waals surface area contributed by atoms with Crippen LogP contribution in [0.3, 0.4) is 0 Å². The summed E-state index contributed by atoms with van der Waals surface area (Å²) in [6.45, 7) is 2.80. The summed E-state index contributed by atoms with van der Waals surface area (Å²) < 4.78 is 10.8. The molecular weight excluding hydrogens is 200 g/mol. The fraction of sp³-hybridized carbons (Fsp3) is 0.857. The fourth-order valence-corrected chi connectivity index (χ4v) is 2.95. The third kappa shape index (κ3) is 3.33. The molecule has 92 valence electrons. The molecule has 1 saturated carbocycles. The largest absolute Gasteiger partial charge is 0.385 e. The van der Waals surface area contributed by atoms with Gasteiger partial charge in [0.15, 0.2) is 0 Å². The molecule has 0 N–H and O–H groups in total. The van der Waals surface area contributed by atoms with E-state index in [-0.39, 0.29) is 0 Å². The molecular formula is C14H24O2. The molecule has 16 heavy (non-hydrogen) atoms. The lowest BCUT2D eigenvalue weighted by Gasteiger charge is -2.17. The summed E-state index contributed by atoms with van der Waals surface area (Å²) in [4.78, 5) is 0. The second kappa shape index (κ2) is 6.41. The Bertz CT molecular complexity index is 225. The summed E-state index contributed by atoms with van der Waals surface area (Å²) in [6.07, 6.45) is 11.1. The number of ether oxygens (including phenoxy) is 2. The van der Waals surface area contributed by atoms with Gasteiger partial charge >= 0.3 is 0 Å². The quantitative estimate of drug-likeness (QED) is 0.466. The van der Waals surface area contributed by atoms with Crippen LogP contribution in [0.2, 0.25) is 0 Å². The molecule has 0 amide bonds. The summed E-state index contributed by atoms with van der Waals surface area (Å²) in [5.41, 5.74) is 0. The van der Waals surface area contributed by atoms with Crippen LogP contribution >= 0.6 is 0 Å². The van der Waals surface area contributed by atoms with E-state index in [1.165, 1.54) is 25.7 Å². The van der Waals surface area contributed by atoms with Crippen LogP contribution in [0.1, 0.15) is 32.1 Å². The number of hydrogen-bond acceptors (Lipinski definition) is 2. The van der Waals surface area contributed by atoms with Gasteiger partial charge in [-0.05, 0) is 49.9 Å². The van der Waals surface area contributed by atoms with Crippen molar-refractivity contribution < 1.29 is 9.47 Å². The molecule has 3 atom stereocenters. The van der Waals surface area contributed by atoms with Gasteiger partial charge in [0.25, 0.3) is 0 Å². The topological polar surface area (TPSA) is 18.5 Å². The normalized spacial score (nSPS) is 31.4. The molecule has 2 aliphatic carbocycles. The Kier molecular flexibility index (Phi) is 4.86. The minimum Gasteiger partial charge on any atom is -0.385 e. The van der Waals surface area contributed by atoms with Crippen molar-refractivity contribution in [3.05, 3.63) is 12.2 Å². The van der Waals surface area contributed by atoms with E-state index in [2.05, 4.69) is 12.2 Å². The molecule has 0 heterocycles. The van der Waals surface area contributed by atoms with Gasteiger partial charge in [0.1, 0.15) is 0 Å². The second-order valence-electron chi connectivity index (χ2n) is 5.17. The molecule has 0 aromatic rings. The van der Waals surface area contributed by atoms with Crippen LogP contribution in [-0.2, 0) is 9.47 Å². The van der Waals surface area contributed by atoms with Gasteiger partial charge in [0.2, 0.25) is 0 Å². The van der Waals surface area contributed by atoms with Crippen molar-refractivity contribution in [2.45, 2.75) is 32.1 Å². The van der Waals surface area contributed by atoms with E-state index in [0.29, 0.717) is 0 Å². The maximum atomic E-state index is 5.78. The van der Waals surface area contributed by atoms with E-state index in [1.807, 2.05) is 0 Å². The van der Waals surface area contributed by atoms with E-state index in [4.69, 9.17) is 9.47 Å². The van der Waals surface area contributed by atoms with Gasteiger partial charge in [0.05, 0.1) is 0 Å². The highest BCUT2D eigenvalue weighted by atomic mass is 16.5. The summed E-state index contributed by atoms with van der Waals surface area (Å²) in [5, 5.41) is 0. The highest BCUT2D eigenvalue weighted by Gasteiger charge is 2.35. The van der Waals surface area contributed by atoms with Crippen molar-refractivity contribution in [2.75, 3.05) is 26.9 Å². The number of hydrogen-bond donors (Lipinski definition) is 0. The lowest BCUT2D eigenvalue weighted by Crippen LogP contribution is -2.14. The van der Waals surface area contributed by atoms with Crippen LogP contribution in [0.5, 0.6) is 0 Å². The van der Waals surface area contributed by atoms with Crippen molar-refractivity contribution >= 4 is 0 Å². The number of fused-ring (bicyclic) bond motifs is 2. The average Bonchev–Trinajstić information content (AvgIpc) is 2.90. The standard InChI is InChI=1S/C14H24O2/c1-15-7-3-2-4-8-16-11-14-10-12-5-6-13(14)9-12/h5-6,12-14H,2-4,7-11H2,1H3. The molecule has 0 saturated heterocycles. The maximum Gasteiger partial charge on any atom is 0.0500 e. The maximum absolute atomic E-state index is 5.78. The lowest BCUT2D eigenvalue weighted by molar-refractivity contribution is 0.0861. The summed E-state index contributed by atoms with van der Waals surface area (Å²) in [5.74, 6) is 2.52. The van der Waals surface area contributed by atoms with Crippen molar-refractivity contribution in [3.63, 3.8) is 0 Å². The van der Waals surface area contributed by atoms with Gasteiger partial charge in [-0.1, -0.05) is 12.2 Å². The van der Waals surface area contributed by atoms with E-state index in [1.54, 1.807) is 7.11 Å². The second-order valence-corrected chi connectivity index (χ2v) is 5.17. The Morgan fingerprint density at radius 2 is 1.94 bits per heavy atom. The highest BCUT2D eigenvalue weighted by molar-refractivity contribution is 5.09. The Balaban J connectivity index is 1.45. The lowest BCUT2D eigenvalue weighted by atomic mass is 9.95. The van der Waals surface area contributed by atoms with Gasteiger partial charge in [0, 0.05) is 26.9 Å². The van der Waals surface area contributed by atoms with Crippen molar-refractivity contribution in [1.29, 1.82) is 0 Å². The third-order valence-corrected chi connectivity index (χ3v) is 3.89. The number of allylic oxidation sites excluding steroid dienone is 2. The van der Waals surface area contributed by atoms with Crippen molar-refractivity contribution in [2.24, 2.45) is 17.8 Å². The monoisotopic (exact) mass is 224 g/mol. The van der Waals surface area contributed by atoms with Gasteiger partial charge in [-0.2, -0.15) is 0 Å². The number of rotatable bonds is 8. The summed E-state index contributed by atoms with van der Waals surface area (Å²) in [7, 11) is 1.76. The number of unbranched alkanes of at least 4 members (excludes halogenated alkanes) is 2. The molecule has 2 nitrogen and oxygen atoms in total. The van der Waals surface area contributed by atoms with Crippen LogP contribution < -0.4 is 0 Å². The van der Waals surface area contributed by atoms with Gasteiger partial charge in [-0.3, -0.25) is 0 Å². The SMILES string of the molecule is COCCCCCOCC1CC2C=CC1C2. The van der Waals surface area contributed by atoms with Crippen LogP contribution in [0, 0.1) is 17.8 Å². The molecule has 3 unspecified atom stereocenters. The zero-order chi connectivity index (χ0) is 11.2. The fourth-order valence-electron chi connectivity index (χ4n) is 2.95. The molecule has 2 bridgehead atoms. The minimum atomic E-state index is 0.814. The molecule has 2 rings (SSSR count).